The monoisotopic (exact) mass is 385 g/mol. The lowest BCUT2D eigenvalue weighted by molar-refractivity contribution is 0.00708. The summed E-state index contributed by atoms with van der Waals surface area (Å²) in [6.07, 6.45) is 1.82. The first kappa shape index (κ1) is 20.3. The molecule has 3 rings (SSSR count). The van der Waals surface area contributed by atoms with Gasteiger partial charge in [0.25, 0.3) is 0 Å². The predicted molar refractivity (Wildman–Crippen MR) is 108 cm³/mol. The first-order valence-electron chi connectivity index (χ1n) is 9.55. The Hall–Kier alpha value is -2.41. The maximum absolute atomic E-state index is 5.88. The Kier molecular flexibility index (Phi) is 8.30. The molecule has 150 valence electrons. The van der Waals surface area contributed by atoms with Gasteiger partial charge < -0.3 is 23.7 Å². The van der Waals surface area contributed by atoms with Crippen LogP contribution in [0.3, 0.4) is 0 Å². The molecule has 1 aliphatic heterocycles. The summed E-state index contributed by atoms with van der Waals surface area (Å²) in [7, 11) is 0. The van der Waals surface area contributed by atoms with E-state index in [0.29, 0.717) is 64.4 Å². The fraction of sp³-hybridized carbons (Fsp3) is 0.409. The van der Waals surface area contributed by atoms with Crippen molar-refractivity contribution in [2.75, 3.05) is 52.9 Å². The van der Waals surface area contributed by atoms with Crippen LogP contribution in [0.25, 0.3) is 0 Å². The van der Waals surface area contributed by atoms with Gasteiger partial charge in [-0.25, -0.2) is 0 Å². The maximum Gasteiger partial charge on any atom is 0.161 e. The van der Waals surface area contributed by atoms with Gasteiger partial charge in [-0.3, -0.25) is 4.99 Å². The SMILES string of the molecule is Cc1ccc(N=Cc2ccc3c(c2)OCCOCCOCCOCCO3)cc1. The van der Waals surface area contributed by atoms with Crippen molar-refractivity contribution < 1.29 is 23.7 Å². The van der Waals surface area contributed by atoms with Crippen LogP contribution in [-0.2, 0) is 14.2 Å². The van der Waals surface area contributed by atoms with Gasteiger partial charge in [0.05, 0.1) is 45.3 Å². The summed E-state index contributed by atoms with van der Waals surface area (Å²) in [5, 5.41) is 0. The topological polar surface area (TPSA) is 58.5 Å². The number of hydrogen-bond acceptors (Lipinski definition) is 6. The highest BCUT2D eigenvalue weighted by atomic mass is 16.6. The summed E-state index contributed by atoms with van der Waals surface area (Å²) < 4.78 is 28.1. The van der Waals surface area contributed by atoms with Crippen LogP contribution in [0.5, 0.6) is 11.5 Å². The second-order valence-corrected chi connectivity index (χ2v) is 6.33. The highest BCUT2D eigenvalue weighted by molar-refractivity contribution is 5.83. The van der Waals surface area contributed by atoms with E-state index in [1.165, 1.54) is 5.56 Å². The molecule has 6 nitrogen and oxygen atoms in total. The molecular formula is C22H27NO5. The van der Waals surface area contributed by atoms with Gasteiger partial charge in [0, 0.05) is 6.21 Å². The highest BCUT2D eigenvalue weighted by Gasteiger charge is 2.07. The van der Waals surface area contributed by atoms with Gasteiger partial charge in [-0.2, -0.15) is 0 Å². The van der Waals surface area contributed by atoms with Gasteiger partial charge >= 0.3 is 0 Å². The van der Waals surface area contributed by atoms with Crippen LogP contribution in [0.2, 0.25) is 0 Å². The van der Waals surface area contributed by atoms with Crippen LogP contribution >= 0.6 is 0 Å². The molecule has 6 heteroatoms. The molecule has 0 saturated carbocycles. The minimum atomic E-state index is 0.436. The Morgan fingerprint density at radius 2 is 1.25 bits per heavy atom. The number of rotatable bonds is 2. The minimum absolute atomic E-state index is 0.436. The molecule has 0 radical (unpaired) electrons. The van der Waals surface area contributed by atoms with Gasteiger partial charge in [0.1, 0.15) is 13.2 Å². The third kappa shape index (κ3) is 6.96. The van der Waals surface area contributed by atoms with Crippen molar-refractivity contribution in [1.29, 1.82) is 0 Å². The number of benzene rings is 2. The number of fused-ring (bicyclic) bond motifs is 1. The van der Waals surface area contributed by atoms with Crippen molar-refractivity contribution in [2.24, 2.45) is 4.99 Å². The standard InChI is InChI=1S/C22H27NO5/c1-18-2-5-20(6-3-18)23-17-19-4-7-21-22(16-19)28-15-13-26-11-9-24-8-10-25-12-14-27-21/h2-7,16-17H,8-15H2,1H3. The smallest absolute Gasteiger partial charge is 0.161 e. The summed E-state index contributed by atoms with van der Waals surface area (Å²) >= 11 is 0. The molecule has 0 spiro atoms. The Balaban J connectivity index is 1.67. The molecule has 0 saturated heterocycles. The molecule has 0 atom stereocenters. The van der Waals surface area contributed by atoms with E-state index >= 15 is 0 Å². The lowest BCUT2D eigenvalue weighted by Crippen LogP contribution is -2.13. The van der Waals surface area contributed by atoms with Gasteiger partial charge in [-0.1, -0.05) is 17.7 Å². The Labute approximate surface area is 166 Å². The summed E-state index contributed by atoms with van der Waals surface area (Å²) in [5.41, 5.74) is 3.06. The van der Waals surface area contributed by atoms with Crippen LogP contribution in [0.1, 0.15) is 11.1 Å². The van der Waals surface area contributed by atoms with E-state index in [4.69, 9.17) is 23.7 Å². The largest absolute Gasteiger partial charge is 0.487 e. The molecule has 1 heterocycles. The summed E-state index contributed by atoms with van der Waals surface area (Å²) in [4.78, 5) is 4.52. The molecule has 28 heavy (non-hydrogen) atoms. The Bertz CT molecular complexity index is 745. The number of ether oxygens (including phenoxy) is 5. The van der Waals surface area contributed by atoms with Crippen molar-refractivity contribution in [1.82, 2.24) is 0 Å². The zero-order valence-electron chi connectivity index (χ0n) is 16.3. The zero-order chi connectivity index (χ0) is 19.4. The zero-order valence-corrected chi connectivity index (χ0v) is 16.3. The molecule has 0 N–H and O–H groups in total. The summed E-state index contributed by atoms with van der Waals surface area (Å²) in [6, 6.07) is 13.9. The van der Waals surface area contributed by atoms with Crippen LogP contribution < -0.4 is 9.47 Å². The van der Waals surface area contributed by atoms with Gasteiger partial charge in [0.15, 0.2) is 11.5 Å². The van der Waals surface area contributed by atoms with Crippen LogP contribution in [-0.4, -0.2) is 59.1 Å². The van der Waals surface area contributed by atoms with Crippen molar-refractivity contribution in [3.8, 4) is 11.5 Å². The van der Waals surface area contributed by atoms with Crippen LogP contribution in [0.4, 0.5) is 5.69 Å². The Morgan fingerprint density at radius 1 is 0.679 bits per heavy atom. The van der Waals surface area contributed by atoms with Crippen molar-refractivity contribution >= 4 is 11.9 Å². The number of hydrogen-bond donors (Lipinski definition) is 0. The van der Waals surface area contributed by atoms with Gasteiger partial charge in [-0.15, -0.1) is 0 Å². The van der Waals surface area contributed by atoms with Gasteiger partial charge in [0.2, 0.25) is 0 Å². The van der Waals surface area contributed by atoms with E-state index in [1.54, 1.807) is 0 Å². The maximum atomic E-state index is 5.88. The third-order valence-electron chi connectivity index (χ3n) is 4.08. The third-order valence-corrected chi connectivity index (χ3v) is 4.08. The molecule has 2 aromatic carbocycles. The average Bonchev–Trinajstić information content (AvgIpc) is 2.72. The Morgan fingerprint density at radius 3 is 1.89 bits per heavy atom. The van der Waals surface area contributed by atoms with E-state index in [2.05, 4.69) is 11.9 Å². The first-order chi connectivity index (χ1) is 13.8. The summed E-state index contributed by atoms with van der Waals surface area (Å²) in [5.74, 6) is 1.35. The van der Waals surface area contributed by atoms with Crippen LogP contribution in [0.15, 0.2) is 47.5 Å². The lowest BCUT2D eigenvalue weighted by atomic mass is 10.2. The van der Waals surface area contributed by atoms with E-state index in [1.807, 2.05) is 48.7 Å². The van der Waals surface area contributed by atoms with E-state index in [-0.39, 0.29) is 0 Å². The molecule has 0 unspecified atom stereocenters. The second kappa shape index (κ2) is 11.4. The molecular weight excluding hydrogens is 358 g/mol. The second-order valence-electron chi connectivity index (χ2n) is 6.33. The predicted octanol–water partition coefficient (Wildman–Crippen LogP) is 3.57. The molecule has 0 fully saturated rings. The highest BCUT2D eigenvalue weighted by Crippen LogP contribution is 2.28. The lowest BCUT2D eigenvalue weighted by Gasteiger charge is -2.13. The fourth-order valence-corrected chi connectivity index (χ4v) is 2.58. The molecule has 0 amide bonds. The molecule has 0 aromatic heterocycles. The van der Waals surface area contributed by atoms with E-state index in [0.717, 1.165) is 11.3 Å². The van der Waals surface area contributed by atoms with E-state index < -0.39 is 0 Å². The summed E-state index contributed by atoms with van der Waals surface area (Å²) in [6.45, 7) is 6.11. The molecule has 1 aliphatic rings. The molecule has 2 aromatic rings. The van der Waals surface area contributed by atoms with Crippen molar-refractivity contribution in [2.45, 2.75) is 6.92 Å². The number of aryl methyl sites for hydroxylation is 1. The van der Waals surface area contributed by atoms with Gasteiger partial charge in [-0.05, 0) is 42.8 Å². The first-order valence-corrected chi connectivity index (χ1v) is 9.55. The van der Waals surface area contributed by atoms with Crippen molar-refractivity contribution in [3.63, 3.8) is 0 Å². The minimum Gasteiger partial charge on any atom is -0.487 e. The van der Waals surface area contributed by atoms with Crippen molar-refractivity contribution in [3.05, 3.63) is 53.6 Å². The fourth-order valence-electron chi connectivity index (χ4n) is 2.58. The normalized spacial score (nSPS) is 17.0. The van der Waals surface area contributed by atoms with E-state index in [9.17, 15) is 0 Å². The number of aliphatic imine (C=N–C) groups is 1. The molecule has 0 bridgehead atoms. The average molecular weight is 385 g/mol. The number of nitrogens with zero attached hydrogens (tertiary/aromatic N) is 1. The quantitative estimate of drug-likeness (QED) is 0.740. The van der Waals surface area contributed by atoms with Crippen LogP contribution in [0, 0.1) is 6.92 Å². The molecule has 0 aliphatic carbocycles.